The van der Waals surface area contributed by atoms with E-state index in [1.807, 2.05) is 18.3 Å². The number of aromatic nitrogens is 1. The van der Waals surface area contributed by atoms with Gasteiger partial charge in [-0.25, -0.2) is 4.39 Å². The number of aryl methyl sites for hydroxylation is 1. The fraction of sp³-hybridized carbons (Fsp3) is 0.593. The molecule has 1 aromatic carbocycles. The first-order valence-corrected chi connectivity index (χ1v) is 12.1. The highest BCUT2D eigenvalue weighted by Gasteiger charge is 2.07. The van der Waals surface area contributed by atoms with Crippen LogP contribution in [0.5, 0.6) is 5.75 Å². The molecule has 0 aliphatic rings. The number of hydrogen-bond acceptors (Lipinski definition) is 2. The van der Waals surface area contributed by atoms with Gasteiger partial charge in [0.25, 0.3) is 0 Å². The Morgan fingerprint density at radius 3 is 2.07 bits per heavy atom. The van der Waals surface area contributed by atoms with Gasteiger partial charge in [0.1, 0.15) is 0 Å². The first-order chi connectivity index (χ1) is 14.7. The molecule has 0 fully saturated rings. The Balaban J connectivity index is 1.72. The second kappa shape index (κ2) is 15.0. The van der Waals surface area contributed by atoms with E-state index in [1.165, 1.54) is 75.8 Å². The van der Waals surface area contributed by atoms with Gasteiger partial charge in [0, 0.05) is 11.8 Å². The van der Waals surface area contributed by atoms with Crippen molar-refractivity contribution in [1.29, 1.82) is 0 Å². The predicted molar refractivity (Wildman–Crippen MR) is 126 cm³/mol. The standard InChI is InChI=1S/C27H40FNO/c1-3-5-7-9-10-11-12-14-20-30-27-19-17-24(21-25(27)28)26-18-16-23(22-29-26)15-13-8-6-4-2/h16-19,21-22H,3-15,20H2,1-2H3. The molecule has 3 heteroatoms. The Morgan fingerprint density at radius 2 is 1.43 bits per heavy atom. The van der Waals surface area contributed by atoms with Crippen molar-refractivity contribution >= 4 is 0 Å². The topological polar surface area (TPSA) is 22.1 Å². The van der Waals surface area contributed by atoms with Crippen molar-refractivity contribution in [2.24, 2.45) is 0 Å². The van der Waals surface area contributed by atoms with Gasteiger partial charge in [-0.3, -0.25) is 4.98 Å². The second-order valence-electron chi connectivity index (χ2n) is 8.33. The predicted octanol–water partition coefficient (Wildman–Crippen LogP) is 8.53. The van der Waals surface area contributed by atoms with Crippen LogP contribution in [0.1, 0.15) is 96.5 Å². The fourth-order valence-electron chi connectivity index (χ4n) is 3.69. The van der Waals surface area contributed by atoms with Crippen molar-refractivity contribution in [2.45, 2.75) is 97.3 Å². The van der Waals surface area contributed by atoms with E-state index >= 15 is 0 Å². The molecule has 0 radical (unpaired) electrons. The molecule has 0 N–H and O–H groups in total. The summed E-state index contributed by atoms with van der Waals surface area (Å²) < 4.78 is 20.1. The van der Waals surface area contributed by atoms with Gasteiger partial charge in [0.2, 0.25) is 0 Å². The van der Waals surface area contributed by atoms with Crippen LogP contribution in [0, 0.1) is 5.82 Å². The Bertz CT molecular complexity index is 699. The normalized spacial score (nSPS) is 11.0. The van der Waals surface area contributed by atoms with E-state index in [0.717, 1.165) is 30.5 Å². The van der Waals surface area contributed by atoms with Gasteiger partial charge in [0.15, 0.2) is 11.6 Å². The minimum atomic E-state index is -0.308. The average molecular weight is 414 g/mol. The maximum atomic E-state index is 14.4. The molecule has 0 saturated heterocycles. The van der Waals surface area contributed by atoms with Crippen LogP contribution in [0.4, 0.5) is 4.39 Å². The third kappa shape index (κ3) is 9.28. The maximum Gasteiger partial charge on any atom is 0.165 e. The van der Waals surface area contributed by atoms with Crippen LogP contribution in [0.25, 0.3) is 11.3 Å². The monoisotopic (exact) mass is 413 g/mol. The molecule has 0 bridgehead atoms. The molecule has 0 amide bonds. The smallest absolute Gasteiger partial charge is 0.165 e. The van der Waals surface area contributed by atoms with E-state index < -0.39 is 0 Å². The fourth-order valence-corrected chi connectivity index (χ4v) is 3.69. The number of benzene rings is 1. The third-order valence-corrected chi connectivity index (χ3v) is 5.63. The number of pyridine rings is 1. The lowest BCUT2D eigenvalue weighted by atomic mass is 10.1. The van der Waals surface area contributed by atoms with Gasteiger partial charge in [-0.05, 0) is 49.1 Å². The van der Waals surface area contributed by atoms with Crippen LogP contribution >= 0.6 is 0 Å². The zero-order valence-electron chi connectivity index (χ0n) is 19.1. The molecule has 0 atom stereocenters. The minimum Gasteiger partial charge on any atom is -0.491 e. The summed E-state index contributed by atoms with van der Waals surface area (Å²) in [5, 5.41) is 0. The highest BCUT2D eigenvalue weighted by atomic mass is 19.1. The summed E-state index contributed by atoms with van der Waals surface area (Å²) in [6, 6.07) is 9.27. The maximum absolute atomic E-state index is 14.4. The molecule has 0 unspecified atom stereocenters. The number of rotatable bonds is 16. The molecule has 0 aliphatic heterocycles. The molecule has 30 heavy (non-hydrogen) atoms. The van der Waals surface area contributed by atoms with Gasteiger partial charge in [-0.1, -0.05) is 84.1 Å². The van der Waals surface area contributed by atoms with Crippen molar-refractivity contribution in [3.63, 3.8) is 0 Å². The quantitative estimate of drug-likeness (QED) is 0.257. The van der Waals surface area contributed by atoms with Gasteiger partial charge >= 0.3 is 0 Å². The first kappa shape index (κ1) is 24.4. The van der Waals surface area contributed by atoms with E-state index in [4.69, 9.17) is 4.74 Å². The summed E-state index contributed by atoms with van der Waals surface area (Å²) in [7, 11) is 0. The summed E-state index contributed by atoms with van der Waals surface area (Å²) in [6.07, 6.45) is 18.0. The summed E-state index contributed by atoms with van der Waals surface area (Å²) in [4.78, 5) is 4.53. The summed E-state index contributed by atoms with van der Waals surface area (Å²) >= 11 is 0. The van der Waals surface area contributed by atoms with Crippen LogP contribution in [0.2, 0.25) is 0 Å². The lowest BCUT2D eigenvalue weighted by Crippen LogP contribution is -1.99. The Labute approximate surface area is 183 Å². The summed E-state index contributed by atoms with van der Waals surface area (Å²) in [5.74, 6) is 0.0340. The summed E-state index contributed by atoms with van der Waals surface area (Å²) in [6.45, 7) is 5.05. The molecule has 1 heterocycles. The van der Waals surface area contributed by atoms with E-state index in [1.54, 1.807) is 6.07 Å². The number of nitrogens with zero attached hydrogens (tertiary/aromatic N) is 1. The lowest BCUT2D eigenvalue weighted by Gasteiger charge is -2.09. The molecule has 0 aliphatic carbocycles. The van der Waals surface area contributed by atoms with Crippen molar-refractivity contribution in [3.8, 4) is 17.0 Å². The van der Waals surface area contributed by atoms with E-state index in [-0.39, 0.29) is 5.82 Å². The van der Waals surface area contributed by atoms with Gasteiger partial charge in [-0.2, -0.15) is 0 Å². The second-order valence-corrected chi connectivity index (χ2v) is 8.33. The number of halogens is 1. The molecule has 2 rings (SSSR count). The van der Waals surface area contributed by atoms with Crippen LogP contribution in [0.15, 0.2) is 36.5 Å². The minimum absolute atomic E-state index is 0.308. The molecule has 166 valence electrons. The van der Waals surface area contributed by atoms with Gasteiger partial charge in [-0.15, -0.1) is 0 Å². The van der Waals surface area contributed by atoms with E-state index in [0.29, 0.717) is 12.4 Å². The van der Waals surface area contributed by atoms with Crippen LogP contribution in [0.3, 0.4) is 0 Å². The summed E-state index contributed by atoms with van der Waals surface area (Å²) in [5.41, 5.74) is 2.85. The third-order valence-electron chi connectivity index (χ3n) is 5.63. The first-order valence-electron chi connectivity index (χ1n) is 12.1. The largest absolute Gasteiger partial charge is 0.491 e. The van der Waals surface area contributed by atoms with Crippen molar-refractivity contribution in [1.82, 2.24) is 4.98 Å². The van der Waals surface area contributed by atoms with Gasteiger partial charge < -0.3 is 4.74 Å². The molecular weight excluding hydrogens is 373 g/mol. The van der Waals surface area contributed by atoms with Crippen molar-refractivity contribution < 1.29 is 9.13 Å². The van der Waals surface area contributed by atoms with Crippen LogP contribution < -0.4 is 4.74 Å². The SMILES string of the molecule is CCCCCCCCCCOc1ccc(-c2ccc(CCCCCC)cn2)cc1F. The van der Waals surface area contributed by atoms with Crippen molar-refractivity contribution in [3.05, 3.63) is 47.9 Å². The van der Waals surface area contributed by atoms with Gasteiger partial charge in [0.05, 0.1) is 12.3 Å². The molecular formula is C27H40FNO. The molecule has 1 aromatic heterocycles. The zero-order chi connectivity index (χ0) is 21.4. The number of ether oxygens (including phenoxy) is 1. The zero-order valence-corrected chi connectivity index (χ0v) is 19.1. The lowest BCUT2D eigenvalue weighted by molar-refractivity contribution is 0.290. The van der Waals surface area contributed by atoms with Crippen molar-refractivity contribution in [2.75, 3.05) is 6.61 Å². The number of unbranched alkanes of at least 4 members (excludes halogenated alkanes) is 10. The van der Waals surface area contributed by atoms with Crippen LogP contribution in [-0.2, 0) is 6.42 Å². The highest BCUT2D eigenvalue weighted by Crippen LogP contribution is 2.25. The van der Waals surface area contributed by atoms with E-state index in [9.17, 15) is 4.39 Å². The Kier molecular flexibility index (Phi) is 12.2. The Hall–Kier alpha value is -1.90. The molecule has 2 nitrogen and oxygen atoms in total. The Morgan fingerprint density at radius 1 is 0.767 bits per heavy atom. The molecule has 0 saturated carbocycles. The van der Waals surface area contributed by atoms with E-state index in [2.05, 4.69) is 24.9 Å². The number of hydrogen-bond donors (Lipinski definition) is 0. The van der Waals surface area contributed by atoms with Crippen LogP contribution in [-0.4, -0.2) is 11.6 Å². The average Bonchev–Trinajstić information content (AvgIpc) is 2.77. The molecule has 0 spiro atoms. The highest BCUT2D eigenvalue weighted by molar-refractivity contribution is 5.60. The molecule has 2 aromatic rings.